The maximum atomic E-state index is 13.3. The molecule has 0 unspecified atom stereocenters. The first-order valence-electron chi connectivity index (χ1n) is 7.99. The third kappa shape index (κ3) is 2.68. The number of nitrogens with zero attached hydrogens (tertiary/aromatic N) is 2. The van der Waals surface area contributed by atoms with E-state index in [1.807, 2.05) is 79.7 Å². The molecule has 1 heterocycles. The summed E-state index contributed by atoms with van der Waals surface area (Å²) >= 11 is 3.59. The van der Waals surface area contributed by atoms with E-state index >= 15 is 0 Å². The summed E-state index contributed by atoms with van der Waals surface area (Å²) in [6, 6.07) is 23.1. The molecule has 0 N–H and O–H groups in total. The van der Waals surface area contributed by atoms with E-state index in [0.717, 1.165) is 21.3 Å². The van der Waals surface area contributed by atoms with Gasteiger partial charge >= 0.3 is 0 Å². The zero-order valence-corrected chi connectivity index (χ0v) is 15.2. The quantitative estimate of drug-likeness (QED) is 0.475. The number of aromatic nitrogens is 2. The summed E-state index contributed by atoms with van der Waals surface area (Å²) < 4.78 is 2.61. The number of aryl methyl sites for hydroxylation is 1. The predicted molar refractivity (Wildman–Crippen MR) is 105 cm³/mol. The van der Waals surface area contributed by atoms with Crippen LogP contribution in [-0.2, 0) is 0 Å². The summed E-state index contributed by atoms with van der Waals surface area (Å²) in [7, 11) is 0. The van der Waals surface area contributed by atoms with Gasteiger partial charge in [0.05, 0.1) is 16.6 Å². The van der Waals surface area contributed by atoms with Crippen LogP contribution in [0.25, 0.3) is 28.0 Å². The van der Waals surface area contributed by atoms with Crippen molar-refractivity contribution in [2.24, 2.45) is 0 Å². The Hall–Kier alpha value is -2.72. The van der Waals surface area contributed by atoms with Crippen LogP contribution in [-0.4, -0.2) is 9.55 Å². The molecule has 0 atom stereocenters. The fourth-order valence-electron chi connectivity index (χ4n) is 2.99. The second-order valence-electron chi connectivity index (χ2n) is 5.86. The zero-order valence-electron chi connectivity index (χ0n) is 13.6. The first-order chi connectivity index (χ1) is 12.2. The summed E-state index contributed by atoms with van der Waals surface area (Å²) in [5, 5.41) is 0.613. The van der Waals surface area contributed by atoms with Crippen LogP contribution in [0.2, 0.25) is 0 Å². The molecule has 4 aromatic rings. The molecule has 3 aromatic carbocycles. The number of halogens is 1. The van der Waals surface area contributed by atoms with E-state index < -0.39 is 0 Å². The van der Waals surface area contributed by atoms with E-state index in [2.05, 4.69) is 15.9 Å². The molecule has 0 saturated carbocycles. The molecule has 0 aliphatic heterocycles. The molecule has 0 bridgehead atoms. The van der Waals surface area contributed by atoms with Gasteiger partial charge in [-0.2, -0.15) is 0 Å². The second-order valence-corrected chi connectivity index (χ2v) is 6.71. The molecule has 4 heteroatoms. The molecule has 0 aliphatic carbocycles. The van der Waals surface area contributed by atoms with Gasteiger partial charge in [-0.3, -0.25) is 9.36 Å². The molecule has 0 aliphatic rings. The average molecular weight is 391 g/mol. The van der Waals surface area contributed by atoms with Crippen molar-refractivity contribution in [1.82, 2.24) is 9.55 Å². The van der Waals surface area contributed by atoms with Gasteiger partial charge < -0.3 is 0 Å². The van der Waals surface area contributed by atoms with Crippen molar-refractivity contribution in [3.8, 4) is 17.1 Å². The van der Waals surface area contributed by atoms with Crippen LogP contribution in [0.3, 0.4) is 0 Å². The maximum absolute atomic E-state index is 13.3. The lowest BCUT2D eigenvalue weighted by atomic mass is 10.1. The van der Waals surface area contributed by atoms with Gasteiger partial charge in [0, 0.05) is 10.0 Å². The van der Waals surface area contributed by atoms with Crippen LogP contribution in [0, 0.1) is 6.92 Å². The molecule has 0 spiro atoms. The van der Waals surface area contributed by atoms with Gasteiger partial charge in [0.2, 0.25) is 0 Å². The van der Waals surface area contributed by atoms with Gasteiger partial charge in [-0.1, -0.05) is 64.5 Å². The smallest absolute Gasteiger partial charge is 0.266 e. The first kappa shape index (κ1) is 15.8. The summed E-state index contributed by atoms with van der Waals surface area (Å²) in [6.07, 6.45) is 0. The largest absolute Gasteiger partial charge is 0.268 e. The van der Waals surface area contributed by atoms with Crippen LogP contribution < -0.4 is 5.56 Å². The highest BCUT2D eigenvalue weighted by Gasteiger charge is 2.16. The predicted octanol–water partition coefficient (Wildman–Crippen LogP) is 5.12. The Morgan fingerprint density at radius 2 is 1.56 bits per heavy atom. The highest BCUT2D eigenvalue weighted by Crippen LogP contribution is 2.29. The van der Waals surface area contributed by atoms with Crippen LogP contribution in [0.1, 0.15) is 5.56 Å². The summed E-state index contributed by atoms with van der Waals surface area (Å²) in [5.74, 6) is 0.630. The Labute approximate surface area is 153 Å². The third-order valence-electron chi connectivity index (χ3n) is 4.25. The maximum Gasteiger partial charge on any atom is 0.266 e. The molecular formula is C21H15BrN2O. The van der Waals surface area contributed by atoms with Gasteiger partial charge in [0.1, 0.15) is 5.82 Å². The molecule has 0 saturated heterocycles. The van der Waals surface area contributed by atoms with Crippen molar-refractivity contribution in [3.63, 3.8) is 0 Å². The Kier molecular flexibility index (Phi) is 3.98. The third-order valence-corrected chi connectivity index (χ3v) is 4.94. The van der Waals surface area contributed by atoms with Gasteiger partial charge in [-0.15, -0.1) is 0 Å². The number of rotatable bonds is 2. The number of benzene rings is 3. The molecule has 122 valence electrons. The van der Waals surface area contributed by atoms with E-state index in [9.17, 15) is 4.79 Å². The average Bonchev–Trinajstić information content (AvgIpc) is 2.63. The van der Waals surface area contributed by atoms with Crippen molar-refractivity contribution in [2.45, 2.75) is 6.92 Å². The standard InChI is InChI=1S/C21H15BrN2O/c1-14-8-2-7-13-19(14)24-20(15-9-3-5-11-17(15)22)23-18-12-6-4-10-16(18)21(24)25/h2-13H,1H3. The van der Waals surface area contributed by atoms with E-state index in [-0.39, 0.29) is 5.56 Å². The van der Waals surface area contributed by atoms with E-state index in [1.54, 1.807) is 4.57 Å². The summed E-state index contributed by atoms with van der Waals surface area (Å²) in [6.45, 7) is 2.00. The molecule has 0 fully saturated rings. The van der Waals surface area contributed by atoms with Crippen molar-refractivity contribution in [3.05, 3.63) is 93.2 Å². The Balaban J connectivity index is 2.18. The highest BCUT2D eigenvalue weighted by molar-refractivity contribution is 9.10. The summed E-state index contributed by atoms with van der Waals surface area (Å²) in [4.78, 5) is 18.1. The number of para-hydroxylation sites is 2. The minimum absolute atomic E-state index is 0.0642. The van der Waals surface area contributed by atoms with Crippen molar-refractivity contribution >= 4 is 26.8 Å². The fraction of sp³-hybridized carbons (Fsp3) is 0.0476. The number of fused-ring (bicyclic) bond motifs is 1. The van der Waals surface area contributed by atoms with Gasteiger partial charge in [0.25, 0.3) is 5.56 Å². The fourth-order valence-corrected chi connectivity index (χ4v) is 3.46. The lowest BCUT2D eigenvalue weighted by Crippen LogP contribution is -2.22. The molecule has 0 radical (unpaired) electrons. The molecular weight excluding hydrogens is 376 g/mol. The van der Waals surface area contributed by atoms with E-state index in [1.165, 1.54) is 0 Å². The zero-order chi connectivity index (χ0) is 17.4. The Bertz CT molecular complexity index is 1150. The molecule has 1 aromatic heterocycles. The molecule has 25 heavy (non-hydrogen) atoms. The Morgan fingerprint density at radius 1 is 0.880 bits per heavy atom. The van der Waals surface area contributed by atoms with Crippen LogP contribution in [0.15, 0.2) is 82.1 Å². The van der Waals surface area contributed by atoms with Gasteiger partial charge in [0.15, 0.2) is 0 Å². The minimum atomic E-state index is -0.0642. The van der Waals surface area contributed by atoms with Gasteiger partial charge in [-0.05, 0) is 36.8 Å². The molecule has 4 rings (SSSR count). The number of hydrogen-bond acceptors (Lipinski definition) is 2. The molecule has 0 amide bonds. The normalized spacial score (nSPS) is 11.0. The second kappa shape index (κ2) is 6.30. The van der Waals surface area contributed by atoms with E-state index in [4.69, 9.17) is 4.98 Å². The van der Waals surface area contributed by atoms with Crippen molar-refractivity contribution < 1.29 is 0 Å². The summed E-state index contributed by atoms with van der Waals surface area (Å²) in [5.41, 5.74) is 3.38. The monoisotopic (exact) mass is 390 g/mol. The van der Waals surface area contributed by atoms with Gasteiger partial charge in [-0.25, -0.2) is 4.98 Å². The van der Waals surface area contributed by atoms with Crippen LogP contribution >= 0.6 is 15.9 Å². The molecule has 3 nitrogen and oxygen atoms in total. The minimum Gasteiger partial charge on any atom is -0.268 e. The Morgan fingerprint density at radius 3 is 2.36 bits per heavy atom. The number of hydrogen-bond donors (Lipinski definition) is 0. The van der Waals surface area contributed by atoms with Crippen LogP contribution in [0.4, 0.5) is 0 Å². The first-order valence-corrected chi connectivity index (χ1v) is 8.79. The highest BCUT2D eigenvalue weighted by atomic mass is 79.9. The topological polar surface area (TPSA) is 34.9 Å². The lowest BCUT2D eigenvalue weighted by Gasteiger charge is -2.16. The van der Waals surface area contributed by atoms with Crippen molar-refractivity contribution in [2.75, 3.05) is 0 Å². The lowest BCUT2D eigenvalue weighted by molar-refractivity contribution is 0.964. The van der Waals surface area contributed by atoms with Crippen LogP contribution in [0.5, 0.6) is 0 Å². The van der Waals surface area contributed by atoms with Crippen molar-refractivity contribution in [1.29, 1.82) is 0 Å². The van der Waals surface area contributed by atoms with E-state index in [0.29, 0.717) is 16.7 Å². The SMILES string of the molecule is Cc1ccccc1-n1c(-c2ccccc2Br)nc2ccccc2c1=O.